The number of fused-ring (bicyclic) bond motifs is 3. The monoisotopic (exact) mass is 480 g/mol. The summed E-state index contributed by atoms with van der Waals surface area (Å²) in [5.41, 5.74) is 4.77. The van der Waals surface area contributed by atoms with Crippen molar-refractivity contribution in [3.63, 3.8) is 0 Å². The van der Waals surface area contributed by atoms with Crippen molar-refractivity contribution in [2.24, 2.45) is 0 Å². The second-order valence-corrected chi connectivity index (χ2v) is 9.02. The van der Waals surface area contributed by atoms with Crippen molar-refractivity contribution in [3.05, 3.63) is 59.7 Å². The molecule has 0 unspecified atom stereocenters. The number of benzene rings is 2. The summed E-state index contributed by atoms with van der Waals surface area (Å²) in [4.78, 5) is 35.4. The summed E-state index contributed by atoms with van der Waals surface area (Å²) in [6, 6.07) is 15.7. The lowest BCUT2D eigenvalue weighted by Crippen LogP contribution is -2.40. The number of amides is 2. The van der Waals surface area contributed by atoms with Gasteiger partial charge in [-0.05, 0) is 41.5 Å². The van der Waals surface area contributed by atoms with Crippen molar-refractivity contribution >= 4 is 18.0 Å². The third kappa shape index (κ3) is 7.57. The molecular formula is C28H36N2O5. The largest absolute Gasteiger partial charge is 0.480 e. The van der Waals surface area contributed by atoms with Gasteiger partial charge in [-0.25, -0.2) is 9.59 Å². The molecule has 3 N–H and O–H groups in total. The van der Waals surface area contributed by atoms with Gasteiger partial charge in [-0.1, -0.05) is 81.1 Å². The number of ether oxygens (including phenoxy) is 1. The van der Waals surface area contributed by atoms with Gasteiger partial charge < -0.3 is 20.5 Å². The Morgan fingerprint density at radius 1 is 0.914 bits per heavy atom. The molecule has 2 aromatic carbocycles. The van der Waals surface area contributed by atoms with E-state index >= 15 is 0 Å². The number of carbonyl (C=O) groups excluding carboxylic acids is 2. The molecule has 35 heavy (non-hydrogen) atoms. The van der Waals surface area contributed by atoms with Crippen LogP contribution in [0.1, 0.15) is 75.3 Å². The second kappa shape index (κ2) is 13.5. The molecule has 7 nitrogen and oxygen atoms in total. The van der Waals surface area contributed by atoms with E-state index in [0.717, 1.165) is 32.1 Å². The summed E-state index contributed by atoms with van der Waals surface area (Å²) >= 11 is 0. The van der Waals surface area contributed by atoms with Gasteiger partial charge in [-0.15, -0.1) is 0 Å². The standard InChI is InChI=1S/C28H36N2O5/c1-2-3-16-25(27(32)33)30-26(31)17-6-4-5-11-18-29-28(34)35-19-24-22-14-9-7-12-20(22)21-13-8-10-15-23(21)24/h7-10,12-15,24-25H,2-6,11,16-19H2,1H3,(H,29,34)(H,30,31)(H,32,33)/t25-/m0/s1. The van der Waals surface area contributed by atoms with Crippen molar-refractivity contribution in [2.75, 3.05) is 13.2 Å². The maximum absolute atomic E-state index is 12.2. The molecule has 1 atom stereocenters. The smallest absolute Gasteiger partial charge is 0.407 e. The normalized spacial score (nSPS) is 12.9. The molecule has 0 aliphatic heterocycles. The summed E-state index contributed by atoms with van der Waals surface area (Å²) in [5, 5.41) is 14.6. The van der Waals surface area contributed by atoms with E-state index in [1.165, 1.54) is 22.3 Å². The van der Waals surface area contributed by atoms with Crippen molar-refractivity contribution < 1.29 is 24.2 Å². The number of hydrogen-bond donors (Lipinski definition) is 3. The number of carboxylic acids is 1. The van der Waals surface area contributed by atoms with Gasteiger partial charge in [0.2, 0.25) is 5.91 Å². The fraction of sp³-hybridized carbons (Fsp3) is 0.464. The zero-order valence-electron chi connectivity index (χ0n) is 20.4. The molecule has 2 amide bonds. The van der Waals surface area contributed by atoms with Gasteiger partial charge in [0.1, 0.15) is 12.6 Å². The molecular weight excluding hydrogens is 444 g/mol. The molecule has 0 saturated heterocycles. The van der Waals surface area contributed by atoms with Crippen molar-refractivity contribution in [1.29, 1.82) is 0 Å². The molecule has 1 aliphatic carbocycles. The lowest BCUT2D eigenvalue weighted by atomic mass is 9.98. The van der Waals surface area contributed by atoms with Gasteiger partial charge in [-0.3, -0.25) is 4.79 Å². The molecule has 188 valence electrons. The molecule has 0 aromatic heterocycles. The third-order valence-corrected chi connectivity index (χ3v) is 6.42. The van der Waals surface area contributed by atoms with Crippen LogP contribution in [0.25, 0.3) is 11.1 Å². The summed E-state index contributed by atoms with van der Waals surface area (Å²) in [6.45, 7) is 2.80. The van der Waals surface area contributed by atoms with E-state index in [4.69, 9.17) is 4.74 Å². The van der Waals surface area contributed by atoms with Crippen LogP contribution in [-0.2, 0) is 14.3 Å². The Bertz CT molecular complexity index is 961. The number of unbranched alkanes of at least 4 members (excludes halogenated alkanes) is 4. The molecule has 0 spiro atoms. The van der Waals surface area contributed by atoms with Crippen LogP contribution in [-0.4, -0.2) is 42.3 Å². The van der Waals surface area contributed by atoms with Crippen LogP contribution in [0, 0.1) is 0 Å². The lowest BCUT2D eigenvalue weighted by Gasteiger charge is -2.14. The highest BCUT2D eigenvalue weighted by Crippen LogP contribution is 2.44. The van der Waals surface area contributed by atoms with Gasteiger partial charge >= 0.3 is 12.1 Å². The van der Waals surface area contributed by atoms with E-state index in [-0.39, 0.29) is 11.8 Å². The fourth-order valence-electron chi connectivity index (χ4n) is 4.54. The molecule has 3 rings (SSSR count). The van der Waals surface area contributed by atoms with Gasteiger partial charge in [-0.2, -0.15) is 0 Å². The summed E-state index contributed by atoms with van der Waals surface area (Å²) in [7, 11) is 0. The molecule has 0 radical (unpaired) electrons. The van der Waals surface area contributed by atoms with Gasteiger partial charge in [0, 0.05) is 18.9 Å². The van der Waals surface area contributed by atoms with Crippen LogP contribution in [0.5, 0.6) is 0 Å². The van der Waals surface area contributed by atoms with E-state index in [2.05, 4.69) is 34.9 Å². The molecule has 7 heteroatoms. The third-order valence-electron chi connectivity index (χ3n) is 6.42. The quantitative estimate of drug-likeness (QED) is 0.321. The maximum Gasteiger partial charge on any atom is 0.407 e. The Morgan fingerprint density at radius 2 is 1.54 bits per heavy atom. The molecule has 0 bridgehead atoms. The Hall–Kier alpha value is -3.35. The number of nitrogens with one attached hydrogen (secondary N) is 2. The summed E-state index contributed by atoms with van der Waals surface area (Å²) in [6.07, 6.45) is 5.21. The average Bonchev–Trinajstić information content (AvgIpc) is 3.18. The number of aliphatic carboxylic acids is 1. The van der Waals surface area contributed by atoms with E-state index in [0.29, 0.717) is 32.4 Å². The minimum atomic E-state index is -0.980. The molecule has 0 heterocycles. The minimum Gasteiger partial charge on any atom is -0.480 e. The number of carbonyl (C=O) groups is 3. The fourth-order valence-corrected chi connectivity index (χ4v) is 4.54. The Morgan fingerprint density at radius 3 is 2.17 bits per heavy atom. The van der Waals surface area contributed by atoms with Crippen LogP contribution < -0.4 is 10.6 Å². The maximum atomic E-state index is 12.2. The van der Waals surface area contributed by atoms with Gasteiger partial charge in [0.15, 0.2) is 0 Å². The SMILES string of the molecule is CCCC[C@H](NC(=O)CCCCCCNC(=O)OCC1c2ccccc2-c2ccccc21)C(=O)O. The van der Waals surface area contributed by atoms with Crippen LogP contribution in [0.15, 0.2) is 48.5 Å². The van der Waals surface area contributed by atoms with Crippen LogP contribution in [0.2, 0.25) is 0 Å². The number of carboxylic acid groups (broad SMARTS) is 1. The zero-order chi connectivity index (χ0) is 25.0. The van der Waals surface area contributed by atoms with Crippen LogP contribution >= 0.6 is 0 Å². The first-order valence-electron chi connectivity index (χ1n) is 12.6. The van der Waals surface area contributed by atoms with Gasteiger partial charge in [0.25, 0.3) is 0 Å². The van der Waals surface area contributed by atoms with Crippen LogP contribution in [0.3, 0.4) is 0 Å². The first kappa shape index (κ1) is 26.3. The predicted octanol–water partition coefficient (Wildman–Crippen LogP) is 5.24. The number of rotatable bonds is 14. The zero-order valence-corrected chi connectivity index (χ0v) is 20.4. The lowest BCUT2D eigenvalue weighted by molar-refractivity contribution is -0.142. The Kier molecular flexibility index (Phi) is 10.1. The van der Waals surface area contributed by atoms with E-state index in [1.807, 2.05) is 31.2 Å². The van der Waals surface area contributed by atoms with E-state index < -0.39 is 18.1 Å². The summed E-state index contributed by atoms with van der Waals surface area (Å²) in [5.74, 6) is -1.15. The Labute approximate surface area is 207 Å². The average molecular weight is 481 g/mol. The molecule has 2 aromatic rings. The van der Waals surface area contributed by atoms with Gasteiger partial charge in [0.05, 0.1) is 0 Å². The minimum absolute atomic E-state index is 0.0435. The number of hydrogen-bond acceptors (Lipinski definition) is 4. The topological polar surface area (TPSA) is 105 Å². The molecule has 0 saturated carbocycles. The highest BCUT2D eigenvalue weighted by molar-refractivity contribution is 5.83. The predicted molar refractivity (Wildman–Crippen MR) is 135 cm³/mol. The first-order valence-corrected chi connectivity index (χ1v) is 12.6. The van der Waals surface area contributed by atoms with Crippen LogP contribution in [0.4, 0.5) is 4.79 Å². The molecule has 1 aliphatic rings. The molecule has 0 fully saturated rings. The van der Waals surface area contributed by atoms with Crippen molar-refractivity contribution in [3.8, 4) is 11.1 Å². The number of alkyl carbamates (subject to hydrolysis) is 1. The first-order chi connectivity index (χ1) is 17.0. The Balaban J connectivity index is 1.29. The highest BCUT2D eigenvalue weighted by Gasteiger charge is 2.28. The van der Waals surface area contributed by atoms with Crippen molar-refractivity contribution in [1.82, 2.24) is 10.6 Å². The van der Waals surface area contributed by atoms with Crippen molar-refractivity contribution in [2.45, 2.75) is 70.3 Å². The second-order valence-electron chi connectivity index (χ2n) is 9.02. The van der Waals surface area contributed by atoms with E-state index in [9.17, 15) is 19.5 Å². The summed E-state index contributed by atoms with van der Waals surface area (Å²) < 4.78 is 5.53. The van der Waals surface area contributed by atoms with E-state index in [1.54, 1.807) is 0 Å². The highest BCUT2D eigenvalue weighted by atomic mass is 16.5.